The van der Waals surface area contributed by atoms with E-state index < -0.39 is 30.5 Å². The molecule has 4 amide bonds. The molecule has 0 aromatic heterocycles. The highest BCUT2D eigenvalue weighted by atomic mass is 19.3. The lowest BCUT2D eigenvalue weighted by molar-refractivity contribution is -0.134. The number of carbonyl (C=O) groups excluding carboxylic acids is 3. The van der Waals surface area contributed by atoms with E-state index in [4.69, 9.17) is 4.74 Å². The van der Waals surface area contributed by atoms with Crippen LogP contribution in [0.3, 0.4) is 0 Å². The number of hydrogen-bond acceptors (Lipinski definition) is 5. The number of halogens is 2. The van der Waals surface area contributed by atoms with Crippen LogP contribution in [0.4, 0.5) is 19.3 Å². The predicted octanol–water partition coefficient (Wildman–Crippen LogP) is 1.22. The molecule has 130 valence electrons. The molecule has 1 heterocycles. The third-order valence-electron chi connectivity index (χ3n) is 3.18. The van der Waals surface area contributed by atoms with Crippen LogP contribution in [0, 0.1) is 0 Å². The molecule has 3 N–H and O–H groups in total. The molecule has 0 spiro atoms. The van der Waals surface area contributed by atoms with E-state index in [9.17, 15) is 23.2 Å². The highest BCUT2D eigenvalue weighted by Crippen LogP contribution is 2.31. The zero-order valence-corrected chi connectivity index (χ0v) is 12.6. The second-order valence-corrected chi connectivity index (χ2v) is 4.85. The summed E-state index contributed by atoms with van der Waals surface area (Å²) in [6.45, 7) is -3.05. The van der Waals surface area contributed by atoms with Gasteiger partial charge < -0.3 is 20.1 Å². The van der Waals surface area contributed by atoms with Crippen molar-refractivity contribution in [1.82, 2.24) is 10.6 Å². The van der Waals surface area contributed by atoms with Crippen LogP contribution in [-0.2, 0) is 9.59 Å². The first-order valence-electron chi connectivity index (χ1n) is 6.93. The molecule has 1 atom stereocenters. The van der Waals surface area contributed by atoms with Crippen molar-refractivity contribution in [2.75, 3.05) is 12.4 Å². The third kappa shape index (κ3) is 4.54. The summed E-state index contributed by atoms with van der Waals surface area (Å²) in [7, 11) is 1.29. The van der Waals surface area contributed by atoms with Crippen molar-refractivity contribution in [1.29, 1.82) is 0 Å². The second kappa shape index (κ2) is 7.57. The maximum Gasteiger partial charge on any atom is 0.387 e. The summed E-state index contributed by atoms with van der Waals surface area (Å²) in [5.41, 5.74) is 0.163. The lowest BCUT2D eigenvalue weighted by Gasteiger charge is -2.22. The van der Waals surface area contributed by atoms with E-state index in [2.05, 4.69) is 20.7 Å². The molecule has 2 rings (SSSR count). The van der Waals surface area contributed by atoms with Crippen molar-refractivity contribution in [3.8, 4) is 11.5 Å². The molecule has 8 nitrogen and oxygen atoms in total. The summed E-state index contributed by atoms with van der Waals surface area (Å²) >= 11 is 0. The number of amides is 4. The minimum absolute atomic E-state index is 0.0754. The van der Waals surface area contributed by atoms with Crippen molar-refractivity contribution in [3.63, 3.8) is 0 Å². The Bertz CT molecular complexity index is 653. The first-order chi connectivity index (χ1) is 11.4. The fourth-order valence-electron chi connectivity index (χ4n) is 2.10. The quantitative estimate of drug-likeness (QED) is 0.697. The Kier molecular flexibility index (Phi) is 5.51. The topological polar surface area (TPSA) is 106 Å². The molecule has 0 bridgehead atoms. The maximum absolute atomic E-state index is 12.4. The number of anilines is 1. The summed E-state index contributed by atoms with van der Waals surface area (Å²) in [5, 5.41) is 6.89. The number of hydrogen-bond donors (Lipinski definition) is 3. The molecule has 0 aliphatic carbocycles. The Morgan fingerprint density at radius 1 is 1.33 bits per heavy atom. The number of carbonyl (C=O) groups is 3. The third-order valence-corrected chi connectivity index (χ3v) is 3.18. The number of imide groups is 1. The summed E-state index contributed by atoms with van der Waals surface area (Å²) in [4.78, 5) is 34.5. The zero-order chi connectivity index (χ0) is 17.7. The summed E-state index contributed by atoms with van der Waals surface area (Å²) in [6, 6.07) is 2.35. The number of alkyl halides is 2. The first kappa shape index (κ1) is 17.4. The lowest BCUT2D eigenvalue weighted by Crippen LogP contribution is -2.53. The van der Waals surface area contributed by atoms with E-state index >= 15 is 0 Å². The van der Waals surface area contributed by atoms with Gasteiger partial charge in [-0.15, -0.1) is 0 Å². The van der Waals surface area contributed by atoms with Crippen LogP contribution in [0.25, 0.3) is 0 Å². The van der Waals surface area contributed by atoms with E-state index in [1.165, 1.54) is 19.2 Å². The van der Waals surface area contributed by atoms with E-state index in [0.717, 1.165) is 6.07 Å². The maximum atomic E-state index is 12.4. The van der Waals surface area contributed by atoms with Gasteiger partial charge in [0.2, 0.25) is 11.8 Å². The van der Waals surface area contributed by atoms with Crippen molar-refractivity contribution in [3.05, 3.63) is 18.2 Å². The fourth-order valence-corrected chi connectivity index (χ4v) is 2.10. The molecule has 1 fully saturated rings. The molecular formula is C14H15F2N3O5. The van der Waals surface area contributed by atoms with Crippen molar-refractivity contribution >= 4 is 23.5 Å². The summed E-state index contributed by atoms with van der Waals surface area (Å²) in [6.07, 6.45) is 0.298. The van der Waals surface area contributed by atoms with E-state index in [1.807, 2.05) is 0 Å². The van der Waals surface area contributed by atoms with Gasteiger partial charge in [0, 0.05) is 18.2 Å². The molecule has 0 unspecified atom stereocenters. The number of nitrogens with one attached hydrogen (secondary N) is 3. The molecule has 1 saturated heterocycles. The van der Waals surface area contributed by atoms with Crippen LogP contribution in [0.2, 0.25) is 0 Å². The van der Waals surface area contributed by atoms with E-state index in [-0.39, 0.29) is 30.0 Å². The standard InChI is InChI=1S/C14H15F2N3O5/c1-23-9-4-2-7(6-10(9)24-13(15)16)17-14(22)18-8-3-5-11(20)19-12(8)21/h2,4,6,8,13H,3,5H2,1H3,(H2,17,18,22)(H,19,20,21)/t8-/m1/s1. The van der Waals surface area contributed by atoms with Gasteiger partial charge in [-0.25, -0.2) is 4.79 Å². The van der Waals surface area contributed by atoms with Crippen LogP contribution in [0.5, 0.6) is 11.5 Å². The van der Waals surface area contributed by atoms with Crippen LogP contribution < -0.4 is 25.4 Å². The minimum atomic E-state index is -3.05. The van der Waals surface area contributed by atoms with Crippen molar-refractivity contribution < 1.29 is 32.6 Å². The average Bonchev–Trinajstić information content (AvgIpc) is 2.50. The Morgan fingerprint density at radius 3 is 2.71 bits per heavy atom. The molecule has 24 heavy (non-hydrogen) atoms. The largest absolute Gasteiger partial charge is 0.493 e. The number of urea groups is 1. The van der Waals surface area contributed by atoms with Gasteiger partial charge in [-0.1, -0.05) is 0 Å². The van der Waals surface area contributed by atoms with E-state index in [1.54, 1.807) is 0 Å². The predicted molar refractivity (Wildman–Crippen MR) is 78.0 cm³/mol. The van der Waals surface area contributed by atoms with Gasteiger partial charge in [-0.2, -0.15) is 8.78 Å². The number of benzene rings is 1. The summed E-state index contributed by atoms with van der Waals surface area (Å²) in [5.74, 6) is -1.17. The molecule has 1 aliphatic rings. The number of piperidine rings is 1. The van der Waals surface area contributed by atoms with Gasteiger partial charge in [0.15, 0.2) is 11.5 Å². The minimum Gasteiger partial charge on any atom is -0.493 e. The SMILES string of the molecule is COc1ccc(NC(=O)N[C@@H]2CCC(=O)NC2=O)cc1OC(F)F. The van der Waals surface area contributed by atoms with Crippen LogP contribution in [0.15, 0.2) is 18.2 Å². The average molecular weight is 343 g/mol. The second-order valence-electron chi connectivity index (χ2n) is 4.85. The van der Waals surface area contributed by atoms with Crippen LogP contribution in [-0.4, -0.2) is 37.6 Å². The van der Waals surface area contributed by atoms with Crippen molar-refractivity contribution in [2.24, 2.45) is 0 Å². The zero-order valence-electron chi connectivity index (χ0n) is 12.6. The highest BCUT2D eigenvalue weighted by Gasteiger charge is 2.27. The monoisotopic (exact) mass is 343 g/mol. The van der Waals surface area contributed by atoms with Gasteiger partial charge in [0.1, 0.15) is 6.04 Å². The van der Waals surface area contributed by atoms with Gasteiger partial charge in [0.05, 0.1) is 7.11 Å². The van der Waals surface area contributed by atoms with Gasteiger partial charge in [-0.3, -0.25) is 14.9 Å². The Morgan fingerprint density at radius 2 is 2.08 bits per heavy atom. The lowest BCUT2D eigenvalue weighted by atomic mass is 10.1. The van der Waals surface area contributed by atoms with Crippen molar-refractivity contribution in [2.45, 2.75) is 25.5 Å². The van der Waals surface area contributed by atoms with Crippen LogP contribution in [0.1, 0.15) is 12.8 Å². The fraction of sp³-hybridized carbons (Fsp3) is 0.357. The number of ether oxygens (including phenoxy) is 2. The van der Waals surface area contributed by atoms with E-state index in [0.29, 0.717) is 0 Å². The van der Waals surface area contributed by atoms with Crippen LogP contribution >= 0.6 is 0 Å². The molecule has 1 aromatic rings. The molecule has 0 saturated carbocycles. The smallest absolute Gasteiger partial charge is 0.387 e. The summed E-state index contributed by atoms with van der Waals surface area (Å²) < 4.78 is 33.9. The molecule has 10 heteroatoms. The highest BCUT2D eigenvalue weighted by molar-refractivity contribution is 6.02. The number of rotatable bonds is 5. The molecule has 0 radical (unpaired) electrons. The Balaban J connectivity index is 2.00. The first-order valence-corrected chi connectivity index (χ1v) is 6.93. The van der Waals surface area contributed by atoms with Gasteiger partial charge >= 0.3 is 12.6 Å². The number of methoxy groups -OCH3 is 1. The van der Waals surface area contributed by atoms with Gasteiger partial charge in [-0.05, 0) is 18.6 Å². The Hall–Kier alpha value is -2.91. The van der Waals surface area contributed by atoms with Gasteiger partial charge in [0.25, 0.3) is 0 Å². The normalized spacial score (nSPS) is 17.2. The molecule has 1 aromatic carbocycles. The Labute approximate surface area is 135 Å². The molecule has 1 aliphatic heterocycles. The molecular weight excluding hydrogens is 328 g/mol.